The Balaban J connectivity index is 0.00000264. The predicted octanol–water partition coefficient (Wildman–Crippen LogP) is 2.88. The first-order valence-corrected chi connectivity index (χ1v) is 9.12. The summed E-state index contributed by atoms with van der Waals surface area (Å²) in [7, 11) is 0. The normalized spacial score (nSPS) is 13.7. The fourth-order valence-corrected chi connectivity index (χ4v) is 2.40. The average molecular weight is 451 g/mol. The maximum Gasteiger partial charge on any atom is 0.191 e. The van der Waals surface area contributed by atoms with Crippen molar-refractivity contribution >= 4 is 41.7 Å². The van der Waals surface area contributed by atoms with Gasteiger partial charge in [0, 0.05) is 25.3 Å². The van der Waals surface area contributed by atoms with Crippen LogP contribution in [0.4, 0.5) is 0 Å². The number of hydrogen-bond donors (Lipinski definition) is 2. The van der Waals surface area contributed by atoms with E-state index in [9.17, 15) is 0 Å². The van der Waals surface area contributed by atoms with Crippen molar-refractivity contribution in [2.45, 2.75) is 19.9 Å². The Labute approximate surface area is 160 Å². The van der Waals surface area contributed by atoms with Gasteiger partial charge >= 0.3 is 0 Å². The topological polar surface area (TPSA) is 54.9 Å². The summed E-state index contributed by atoms with van der Waals surface area (Å²) < 4.78 is 11.4. The number of benzene rings is 1. The van der Waals surface area contributed by atoms with Crippen molar-refractivity contribution < 1.29 is 9.47 Å². The Morgan fingerprint density at radius 1 is 1.22 bits per heavy atom. The molecule has 0 aliphatic carbocycles. The first kappa shape index (κ1) is 20.2. The van der Waals surface area contributed by atoms with E-state index in [-0.39, 0.29) is 24.0 Å². The second kappa shape index (κ2) is 11.7. The molecule has 0 unspecified atom stereocenters. The minimum Gasteiger partial charge on any atom is -0.490 e. The van der Waals surface area contributed by atoms with Crippen molar-refractivity contribution in [3.05, 3.63) is 23.8 Å². The van der Waals surface area contributed by atoms with E-state index in [1.54, 1.807) is 0 Å². The van der Waals surface area contributed by atoms with Crippen molar-refractivity contribution in [2.75, 3.05) is 38.3 Å². The fourth-order valence-electron chi connectivity index (χ4n) is 2.09. The highest BCUT2D eigenvalue weighted by Crippen LogP contribution is 2.30. The van der Waals surface area contributed by atoms with Crippen LogP contribution in [0.3, 0.4) is 0 Å². The number of aliphatic imine (C=N–C) groups is 1. The van der Waals surface area contributed by atoms with Gasteiger partial charge in [0.05, 0.1) is 19.8 Å². The van der Waals surface area contributed by atoms with E-state index in [2.05, 4.69) is 28.8 Å². The van der Waals surface area contributed by atoms with Crippen LogP contribution in [-0.2, 0) is 6.54 Å². The van der Waals surface area contributed by atoms with Crippen molar-refractivity contribution in [1.82, 2.24) is 10.6 Å². The minimum absolute atomic E-state index is 0. The second-order valence-corrected chi connectivity index (χ2v) is 5.93. The first-order valence-electron chi connectivity index (χ1n) is 7.73. The molecule has 0 saturated carbocycles. The Hall–Kier alpha value is -0.830. The van der Waals surface area contributed by atoms with Crippen molar-refractivity contribution in [1.29, 1.82) is 0 Å². The molecule has 7 heteroatoms. The lowest BCUT2D eigenvalue weighted by atomic mass is 10.2. The van der Waals surface area contributed by atoms with Crippen LogP contribution < -0.4 is 20.1 Å². The Morgan fingerprint density at radius 3 is 2.74 bits per heavy atom. The van der Waals surface area contributed by atoms with E-state index in [0.717, 1.165) is 48.3 Å². The highest BCUT2D eigenvalue weighted by molar-refractivity contribution is 14.0. The molecule has 5 nitrogen and oxygen atoms in total. The molecule has 0 spiro atoms. The molecule has 2 rings (SSSR count). The standard InChI is InChI=1S/C16H25N3O2S.HI/c1-3-17-16(18-7-10-22-2)19-12-13-5-6-14-15(11-13)21-9-4-8-20-14;/h5-6,11H,3-4,7-10,12H2,1-2H3,(H2,17,18,19);1H. The summed E-state index contributed by atoms with van der Waals surface area (Å²) >= 11 is 1.82. The number of ether oxygens (including phenoxy) is 2. The number of guanidine groups is 1. The molecule has 1 aromatic carbocycles. The highest BCUT2D eigenvalue weighted by atomic mass is 127. The molecule has 0 bridgehead atoms. The van der Waals surface area contributed by atoms with Gasteiger partial charge in [-0.05, 0) is 30.9 Å². The predicted molar refractivity (Wildman–Crippen MR) is 109 cm³/mol. The van der Waals surface area contributed by atoms with Gasteiger partial charge in [0.2, 0.25) is 0 Å². The zero-order valence-corrected chi connectivity index (χ0v) is 16.9. The summed E-state index contributed by atoms with van der Waals surface area (Å²) in [6.07, 6.45) is 3.02. The lowest BCUT2D eigenvalue weighted by Crippen LogP contribution is -2.38. The van der Waals surface area contributed by atoms with Crippen molar-refractivity contribution in [2.24, 2.45) is 4.99 Å². The molecule has 0 fully saturated rings. The fraction of sp³-hybridized carbons (Fsp3) is 0.562. The third-order valence-corrected chi connectivity index (χ3v) is 3.79. The molecule has 1 aromatic rings. The van der Waals surface area contributed by atoms with E-state index in [1.807, 2.05) is 30.0 Å². The number of nitrogens with zero attached hydrogens (tertiary/aromatic N) is 1. The molecule has 23 heavy (non-hydrogen) atoms. The third kappa shape index (κ3) is 7.07. The van der Waals surface area contributed by atoms with Gasteiger partial charge in [-0.15, -0.1) is 24.0 Å². The number of thioether (sulfide) groups is 1. The van der Waals surface area contributed by atoms with Crippen molar-refractivity contribution in [3.63, 3.8) is 0 Å². The molecule has 0 saturated heterocycles. The summed E-state index contributed by atoms with van der Waals surface area (Å²) in [4.78, 5) is 4.62. The van der Waals surface area contributed by atoms with Gasteiger partial charge in [0.25, 0.3) is 0 Å². The van der Waals surface area contributed by atoms with Gasteiger partial charge in [-0.2, -0.15) is 11.8 Å². The van der Waals surface area contributed by atoms with Gasteiger partial charge in [0.1, 0.15) is 0 Å². The summed E-state index contributed by atoms with van der Waals surface area (Å²) in [5.74, 6) is 3.57. The maximum atomic E-state index is 5.72. The Morgan fingerprint density at radius 2 is 2.00 bits per heavy atom. The monoisotopic (exact) mass is 451 g/mol. The van der Waals surface area contributed by atoms with Gasteiger partial charge < -0.3 is 20.1 Å². The van der Waals surface area contributed by atoms with Crippen LogP contribution in [0.5, 0.6) is 11.5 Å². The molecular formula is C16H26IN3O2S. The van der Waals surface area contributed by atoms with Crippen LogP contribution in [0.25, 0.3) is 0 Å². The largest absolute Gasteiger partial charge is 0.490 e. The van der Waals surface area contributed by atoms with Crippen LogP contribution in [0.15, 0.2) is 23.2 Å². The van der Waals surface area contributed by atoms with Crippen LogP contribution >= 0.6 is 35.7 Å². The average Bonchev–Trinajstić information content (AvgIpc) is 2.77. The summed E-state index contributed by atoms with van der Waals surface area (Å²) in [5, 5.41) is 6.58. The molecular weight excluding hydrogens is 425 g/mol. The quantitative estimate of drug-likeness (QED) is 0.302. The van der Waals surface area contributed by atoms with Crippen molar-refractivity contribution in [3.8, 4) is 11.5 Å². The lowest BCUT2D eigenvalue weighted by Gasteiger charge is -2.11. The molecule has 0 radical (unpaired) electrons. The maximum absolute atomic E-state index is 5.72. The number of rotatable bonds is 6. The lowest BCUT2D eigenvalue weighted by molar-refractivity contribution is 0.297. The van der Waals surface area contributed by atoms with Crippen LogP contribution in [0.1, 0.15) is 18.9 Å². The highest BCUT2D eigenvalue weighted by Gasteiger charge is 2.10. The molecule has 1 heterocycles. The number of fused-ring (bicyclic) bond motifs is 1. The van der Waals surface area contributed by atoms with E-state index >= 15 is 0 Å². The summed E-state index contributed by atoms with van der Waals surface area (Å²) in [6.45, 7) is 5.87. The molecule has 0 aromatic heterocycles. The molecule has 1 aliphatic rings. The van der Waals surface area contributed by atoms with E-state index < -0.39 is 0 Å². The van der Waals surface area contributed by atoms with Crippen LogP contribution in [0, 0.1) is 0 Å². The van der Waals surface area contributed by atoms with Gasteiger partial charge in [-0.1, -0.05) is 6.07 Å². The zero-order chi connectivity index (χ0) is 15.6. The summed E-state index contributed by atoms with van der Waals surface area (Å²) in [6, 6.07) is 6.04. The number of hydrogen-bond acceptors (Lipinski definition) is 4. The smallest absolute Gasteiger partial charge is 0.191 e. The van der Waals surface area contributed by atoms with Gasteiger partial charge in [0.15, 0.2) is 17.5 Å². The van der Waals surface area contributed by atoms with Gasteiger partial charge in [-0.25, -0.2) is 4.99 Å². The SMILES string of the molecule is CCNC(=NCc1ccc2c(c1)OCCCO2)NCCSC.I. The third-order valence-electron chi connectivity index (χ3n) is 3.17. The Kier molecular flexibility index (Phi) is 10.3. The van der Waals surface area contributed by atoms with E-state index in [0.29, 0.717) is 19.8 Å². The van der Waals surface area contributed by atoms with Crippen LogP contribution in [0.2, 0.25) is 0 Å². The number of halogens is 1. The molecule has 130 valence electrons. The first-order chi connectivity index (χ1) is 10.8. The molecule has 1 aliphatic heterocycles. The zero-order valence-electron chi connectivity index (χ0n) is 13.8. The molecule has 0 atom stereocenters. The second-order valence-electron chi connectivity index (χ2n) is 4.95. The van der Waals surface area contributed by atoms with Gasteiger partial charge in [-0.3, -0.25) is 0 Å². The summed E-state index contributed by atoms with van der Waals surface area (Å²) in [5.41, 5.74) is 1.12. The molecule has 0 amide bonds. The Bertz CT molecular complexity index is 500. The van der Waals surface area contributed by atoms with Crippen LogP contribution in [-0.4, -0.2) is 44.3 Å². The number of nitrogens with one attached hydrogen (secondary N) is 2. The minimum atomic E-state index is 0. The van der Waals surface area contributed by atoms with E-state index in [1.165, 1.54) is 0 Å². The van der Waals surface area contributed by atoms with E-state index in [4.69, 9.17) is 9.47 Å². The molecule has 2 N–H and O–H groups in total.